The summed E-state index contributed by atoms with van der Waals surface area (Å²) in [5.74, 6) is -0.556. The monoisotopic (exact) mass is 301 g/mol. The third-order valence-electron chi connectivity index (χ3n) is 3.03. The average Bonchev–Trinajstić information content (AvgIpc) is 2.52. The lowest BCUT2D eigenvalue weighted by atomic mass is 10.1. The first-order valence-electron chi connectivity index (χ1n) is 6.53. The second kappa shape index (κ2) is 6.66. The quantitative estimate of drug-likeness (QED) is 0.518. The first kappa shape index (κ1) is 15.4. The Hall–Kier alpha value is -2.96. The lowest BCUT2D eigenvalue weighted by molar-refractivity contribution is -0.384. The van der Waals surface area contributed by atoms with Crippen LogP contribution in [0.4, 0.5) is 11.5 Å². The molecule has 0 radical (unpaired) electrons. The normalized spacial score (nSPS) is 10.1. The van der Waals surface area contributed by atoms with E-state index in [4.69, 9.17) is 0 Å². The van der Waals surface area contributed by atoms with Crippen molar-refractivity contribution in [3.8, 4) is 0 Å². The van der Waals surface area contributed by atoms with Gasteiger partial charge in [0.1, 0.15) is 0 Å². The van der Waals surface area contributed by atoms with Gasteiger partial charge in [0.25, 0.3) is 0 Å². The molecule has 0 amide bonds. The Bertz CT molecular complexity index is 716. The summed E-state index contributed by atoms with van der Waals surface area (Å²) in [5.41, 5.74) is 1.85. The Morgan fingerprint density at radius 3 is 2.82 bits per heavy atom. The van der Waals surface area contributed by atoms with E-state index >= 15 is 0 Å². The highest BCUT2D eigenvalue weighted by molar-refractivity contribution is 5.90. The van der Waals surface area contributed by atoms with Crippen LogP contribution < -0.4 is 5.32 Å². The van der Waals surface area contributed by atoms with Crippen LogP contribution in [0.2, 0.25) is 0 Å². The zero-order valence-corrected chi connectivity index (χ0v) is 12.2. The van der Waals surface area contributed by atoms with Crippen molar-refractivity contribution >= 4 is 17.5 Å². The molecule has 7 heteroatoms. The maximum absolute atomic E-state index is 11.4. The average molecular weight is 301 g/mol. The molecule has 0 aliphatic carbocycles. The Labute approximate surface area is 127 Å². The van der Waals surface area contributed by atoms with Gasteiger partial charge >= 0.3 is 11.7 Å². The van der Waals surface area contributed by atoms with Gasteiger partial charge in [-0.15, -0.1) is 0 Å². The zero-order valence-electron chi connectivity index (χ0n) is 12.2. The molecule has 0 bridgehead atoms. The third kappa shape index (κ3) is 3.57. The van der Waals surface area contributed by atoms with Gasteiger partial charge in [0.15, 0.2) is 0 Å². The van der Waals surface area contributed by atoms with Crippen molar-refractivity contribution < 1.29 is 14.5 Å². The number of nitrogens with zero attached hydrogens (tertiary/aromatic N) is 2. The third-order valence-corrected chi connectivity index (χ3v) is 3.03. The maximum Gasteiger partial charge on any atom is 0.339 e. The van der Waals surface area contributed by atoms with Crippen LogP contribution in [0.1, 0.15) is 21.5 Å². The fraction of sp³-hybridized carbons (Fsp3) is 0.200. The van der Waals surface area contributed by atoms with E-state index < -0.39 is 10.9 Å². The van der Waals surface area contributed by atoms with Crippen molar-refractivity contribution in [3.63, 3.8) is 0 Å². The molecule has 2 rings (SSSR count). The van der Waals surface area contributed by atoms with Gasteiger partial charge in [-0.3, -0.25) is 10.1 Å². The molecular weight excluding hydrogens is 286 g/mol. The minimum atomic E-state index is -0.666. The van der Waals surface area contributed by atoms with Gasteiger partial charge in [-0.05, 0) is 12.5 Å². The number of pyridine rings is 1. The number of nitro groups is 1. The van der Waals surface area contributed by atoms with Crippen LogP contribution in [0.5, 0.6) is 0 Å². The fourth-order valence-electron chi connectivity index (χ4n) is 1.97. The number of rotatable bonds is 5. The number of hydrogen-bond acceptors (Lipinski definition) is 6. The summed E-state index contributed by atoms with van der Waals surface area (Å²) in [4.78, 5) is 25.9. The molecule has 1 N–H and O–H groups in total. The highest BCUT2D eigenvalue weighted by Gasteiger charge is 2.19. The van der Waals surface area contributed by atoms with E-state index in [1.54, 1.807) is 0 Å². The van der Waals surface area contributed by atoms with Gasteiger partial charge in [0.05, 0.1) is 17.6 Å². The van der Waals surface area contributed by atoms with Crippen molar-refractivity contribution in [1.82, 2.24) is 4.98 Å². The van der Waals surface area contributed by atoms with E-state index in [1.165, 1.54) is 13.3 Å². The molecule has 7 nitrogen and oxygen atoms in total. The number of benzene rings is 1. The largest absolute Gasteiger partial charge is 0.465 e. The molecule has 0 aliphatic rings. The van der Waals surface area contributed by atoms with Gasteiger partial charge in [-0.1, -0.05) is 29.8 Å². The molecule has 0 aliphatic heterocycles. The molecule has 0 fully saturated rings. The standard InChI is InChI=1S/C15H15N3O4/c1-10-4-3-5-11(6-10)8-16-14-13(18(20)21)7-12(9-17-14)15(19)22-2/h3-7,9H,8H2,1-2H3,(H,16,17). The Kier molecular flexibility index (Phi) is 4.67. The summed E-state index contributed by atoms with van der Waals surface area (Å²) in [7, 11) is 1.21. The van der Waals surface area contributed by atoms with Gasteiger partial charge < -0.3 is 10.1 Å². The molecule has 0 saturated carbocycles. The molecule has 1 heterocycles. The molecule has 1 aromatic carbocycles. The summed E-state index contributed by atoms with van der Waals surface area (Å²) < 4.78 is 4.53. The van der Waals surface area contributed by atoms with Crippen LogP contribution in [0.3, 0.4) is 0 Å². The van der Waals surface area contributed by atoms with Crippen molar-refractivity contribution in [2.24, 2.45) is 0 Å². The molecule has 114 valence electrons. The van der Waals surface area contributed by atoms with Gasteiger partial charge in [0, 0.05) is 18.8 Å². The Morgan fingerprint density at radius 2 is 2.18 bits per heavy atom. The summed E-state index contributed by atoms with van der Waals surface area (Å²) in [5, 5.41) is 14.0. The number of carbonyl (C=O) groups excluding carboxylic acids is 1. The number of anilines is 1. The van der Waals surface area contributed by atoms with E-state index in [0.717, 1.165) is 17.2 Å². The van der Waals surface area contributed by atoms with Crippen LogP contribution in [0.15, 0.2) is 36.5 Å². The van der Waals surface area contributed by atoms with Crippen molar-refractivity contribution in [2.45, 2.75) is 13.5 Å². The van der Waals surface area contributed by atoms with Crippen LogP contribution in [0.25, 0.3) is 0 Å². The summed E-state index contributed by atoms with van der Waals surface area (Å²) in [6.45, 7) is 2.36. The van der Waals surface area contributed by atoms with Crippen molar-refractivity contribution in [2.75, 3.05) is 12.4 Å². The highest BCUT2D eigenvalue weighted by atomic mass is 16.6. The molecule has 1 aromatic heterocycles. The number of ether oxygens (including phenoxy) is 1. The number of nitrogens with one attached hydrogen (secondary N) is 1. The Balaban J connectivity index is 2.23. The fourth-order valence-corrected chi connectivity index (χ4v) is 1.97. The molecule has 22 heavy (non-hydrogen) atoms. The Morgan fingerprint density at radius 1 is 1.41 bits per heavy atom. The number of aryl methyl sites for hydroxylation is 1. The molecular formula is C15H15N3O4. The summed E-state index contributed by atoms with van der Waals surface area (Å²) >= 11 is 0. The smallest absolute Gasteiger partial charge is 0.339 e. The molecule has 0 atom stereocenters. The van der Waals surface area contributed by atoms with Crippen LogP contribution in [-0.4, -0.2) is 23.0 Å². The first-order valence-corrected chi connectivity index (χ1v) is 6.53. The summed E-state index contributed by atoms with van der Waals surface area (Å²) in [6.07, 6.45) is 1.25. The van der Waals surface area contributed by atoms with Crippen LogP contribution in [0, 0.1) is 17.0 Å². The van der Waals surface area contributed by atoms with Gasteiger partial charge in [0.2, 0.25) is 5.82 Å². The highest BCUT2D eigenvalue weighted by Crippen LogP contribution is 2.23. The SMILES string of the molecule is COC(=O)c1cnc(NCc2cccc(C)c2)c([N+](=O)[O-])c1. The minimum absolute atomic E-state index is 0.0373. The second-order valence-electron chi connectivity index (χ2n) is 4.68. The molecule has 0 saturated heterocycles. The predicted octanol–water partition coefficient (Wildman–Crippen LogP) is 2.70. The van der Waals surface area contributed by atoms with E-state index in [-0.39, 0.29) is 17.1 Å². The summed E-state index contributed by atoms with van der Waals surface area (Å²) in [6, 6.07) is 8.91. The molecule has 2 aromatic rings. The van der Waals surface area contributed by atoms with Crippen LogP contribution >= 0.6 is 0 Å². The lowest BCUT2D eigenvalue weighted by Gasteiger charge is -2.08. The van der Waals surface area contributed by atoms with Gasteiger partial charge in [-0.25, -0.2) is 9.78 Å². The lowest BCUT2D eigenvalue weighted by Crippen LogP contribution is -2.08. The van der Waals surface area contributed by atoms with Crippen LogP contribution in [-0.2, 0) is 11.3 Å². The van der Waals surface area contributed by atoms with E-state index in [2.05, 4.69) is 15.0 Å². The van der Waals surface area contributed by atoms with Crippen molar-refractivity contribution in [1.29, 1.82) is 0 Å². The van der Waals surface area contributed by atoms with E-state index in [0.29, 0.717) is 6.54 Å². The minimum Gasteiger partial charge on any atom is -0.465 e. The molecule has 0 spiro atoms. The number of esters is 1. The van der Waals surface area contributed by atoms with Crippen molar-refractivity contribution in [3.05, 3.63) is 63.3 Å². The number of carbonyl (C=O) groups is 1. The number of hydrogen-bond donors (Lipinski definition) is 1. The van der Waals surface area contributed by atoms with E-state index in [1.807, 2.05) is 31.2 Å². The first-order chi connectivity index (χ1) is 10.5. The predicted molar refractivity (Wildman–Crippen MR) is 80.7 cm³/mol. The number of aromatic nitrogens is 1. The number of methoxy groups -OCH3 is 1. The molecule has 0 unspecified atom stereocenters. The van der Waals surface area contributed by atoms with E-state index in [9.17, 15) is 14.9 Å². The van der Waals surface area contributed by atoms with Gasteiger partial charge in [-0.2, -0.15) is 0 Å². The maximum atomic E-state index is 11.4. The topological polar surface area (TPSA) is 94.4 Å². The zero-order chi connectivity index (χ0) is 16.1. The second-order valence-corrected chi connectivity index (χ2v) is 4.68.